The Balaban J connectivity index is 2.17. The summed E-state index contributed by atoms with van der Waals surface area (Å²) in [6.07, 6.45) is 2.07. The predicted molar refractivity (Wildman–Crippen MR) is 78.1 cm³/mol. The normalized spacial score (nSPS) is 24.1. The maximum absolute atomic E-state index is 11.5. The van der Waals surface area contributed by atoms with Crippen molar-refractivity contribution in [3.05, 3.63) is 23.8 Å². The maximum atomic E-state index is 11.5. The maximum Gasteiger partial charge on any atom is 0.250 e. The van der Waals surface area contributed by atoms with E-state index in [0.717, 1.165) is 19.4 Å². The molecule has 0 bridgehead atoms. The second-order valence-corrected chi connectivity index (χ2v) is 5.33. The number of hydrogen-bond acceptors (Lipinski definition) is 4. The number of hydrogen-bond donors (Lipinski definition) is 3. The summed E-state index contributed by atoms with van der Waals surface area (Å²) in [6.45, 7) is 3.24. The van der Waals surface area contributed by atoms with E-state index in [-0.39, 0.29) is 0 Å². The SMILES string of the molecule is CC1CC(Nc2c(N)cccc2C(N)=O)CCN1C. The number of nitrogens with zero attached hydrogens (tertiary/aromatic N) is 1. The number of likely N-dealkylation sites (tertiary alicyclic amines) is 1. The highest BCUT2D eigenvalue weighted by atomic mass is 16.1. The number of benzene rings is 1. The molecule has 5 nitrogen and oxygen atoms in total. The smallest absolute Gasteiger partial charge is 0.250 e. The number of nitrogens with two attached hydrogens (primary N) is 2. The number of piperidine rings is 1. The molecule has 2 atom stereocenters. The molecule has 5 N–H and O–H groups in total. The molecule has 1 aromatic rings. The minimum absolute atomic E-state index is 0.328. The van der Waals surface area contributed by atoms with Crippen LogP contribution in [0.1, 0.15) is 30.1 Å². The van der Waals surface area contributed by atoms with Gasteiger partial charge in [0.15, 0.2) is 0 Å². The van der Waals surface area contributed by atoms with Gasteiger partial charge in [-0.3, -0.25) is 4.79 Å². The van der Waals surface area contributed by atoms with Crippen LogP contribution in [0.5, 0.6) is 0 Å². The quantitative estimate of drug-likeness (QED) is 0.716. The Hall–Kier alpha value is -1.75. The summed E-state index contributed by atoms with van der Waals surface area (Å²) < 4.78 is 0. The van der Waals surface area contributed by atoms with E-state index in [0.29, 0.717) is 29.0 Å². The molecular weight excluding hydrogens is 240 g/mol. The fraction of sp³-hybridized carbons (Fsp3) is 0.500. The van der Waals surface area contributed by atoms with E-state index in [1.165, 1.54) is 0 Å². The van der Waals surface area contributed by atoms with E-state index in [9.17, 15) is 4.79 Å². The molecule has 1 saturated heterocycles. The standard InChI is InChI=1S/C14H22N4O/c1-9-8-10(6-7-18(9)2)17-13-11(14(16)19)4-3-5-12(13)15/h3-5,9-10,17H,6-8,15H2,1-2H3,(H2,16,19). The molecule has 0 aliphatic carbocycles. The van der Waals surface area contributed by atoms with E-state index in [1.54, 1.807) is 18.2 Å². The summed E-state index contributed by atoms with van der Waals surface area (Å²) >= 11 is 0. The molecule has 5 heteroatoms. The number of nitrogens with one attached hydrogen (secondary N) is 1. The summed E-state index contributed by atoms with van der Waals surface area (Å²) in [5.74, 6) is -0.448. The Morgan fingerprint density at radius 3 is 2.84 bits per heavy atom. The topological polar surface area (TPSA) is 84.4 Å². The molecule has 0 aromatic heterocycles. The van der Waals surface area contributed by atoms with Crippen LogP contribution in [-0.4, -0.2) is 36.5 Å². The van der Waals surface area contributed by atoms with Crippen LogP contribution >= 0.6 is 0 Å². The number of anilines is 2. The van der Waals surface area contributed by atoms with Crippen molar-refractivity contribution in [1.29, 1.82) is 0 Å². The van der Waals surface area contributed by atoms with Gasteiger partial charge in [0.1, 0.15) is 0 Å². The second kappa shape index (κ2) is 5.48. The second-order valence-electron chi connectivity index (χ2n) is 5.33. The molecule has 2 rings (SSSR count). The van der Waals surface area contributed by atoms with Gasteiger partial charge in [-0.1, -0.05) is 6.07 Å². The molecule has 1 fully saturated rings. The lowest BCUT2D eigenvalue weighted by molar-refractivity contribution is 0.100. The van der Waals surface area contributed by atoms with Gasteiger partial charge in [0.25, 0.3) is 5.91 Å². The van der Waals surface area contributed by atoms with Crippen molar-refractivity contribution in [1.82, 2.24) is 4.90 Å². The van der Waals surface area contributed by atoms with Crippen LogP contribution in [0, 0.1) is 0 Å². The minimum Gasteiger partial charge on any atom is -0.397 e. The number of amides is 1. The Morgan fingerprint density at radius 2 is 2.21 bits per heavy atom. The molecule has 1 aliphatic heterocycles. The fourth-order valence-corrected chi connectivity index (χ4v) is 2.56. The molecule has 19 heavy (non-hydrogen) atoms. The zero-order valence-electron chi connectivity index (χ0n) is 11.5. The summed E-state index contributed by atoms with van der Waals surface area (Å²) in [4.78, 5) is 13.8. The summed E-state index contributed by atoms with van der Waals surface area (Å²) in [5, 5.41) is 3.40. The minimum atomic E-state index is -0.448. The number of para-hydroxylation sites is 1. The first-order chi connectivity index (χ1) is 8.99. The third-order valence-corrected chi connectivity index (χ3v) is 3.92. The van der Waals surface area contributed by atoms with E-state index in [4.69, 9.17) is 11.5 Å². The molecule has 1 aliphatic rings. The lowest BCUT2D eigenvalue weighted by Gasteiger charge is -2.36. The van der Waals surface area contributed by atoms with E-state index >= 15 is 0 Å². The fourth-order valence-electron chi connectivity index (χ4n) is 2.56. The highest BCUT2D eigenvalue weighted by Gasteiger charge is 2.24. The first kappa shape index (κ1) is 13.7. The van der Waals surface area contributed by atoms with Crippen molar-refractivity contribution >= 4 is 17.3 Å². The average molecular weight is 262 g/mol. The molecular formula is C14H22N4O. The summed E-state index contributed by atoms with van der Waals surface area (Å²) in [5.41, 5.74) is 13.1. The lowest BCUT2D eigenvalue weighted by Crippen LogP contribution is -2.43. The van der Waals surface area contributed by atoms with Crippen LogP contribution in [0.3, 0.4) is 0 Å². The molecule has 1 amide bonds. The van der Waals surface area contributed by atoms with Crippen LogP contribution in [-0.2, 0) is 0 Å². The van der Waals surface area contributed by atoms with Crippen molar-refractivity contribution in [3.63, 3.8) is 0 Å². The highest BCUT2D eigenvalue weighted by molar-refractivity contribution is 6.01. The average Bonchev–Trinajstić information content (AvgIpc) is 2.36. The molecule has 0 spiro atoms. The van der Waals surface area contributed by atoms with Gasteiger partial charge in [0.05, 0.1) is 16.9 Å². The summed E-state index contributed by atoms with van der Waals surface area (Å²) in [6, 6.07) is 6.09. The van der Waals surface area contributed by atoms with Gasteiger partial charge in [-0.05, 0) is 38.9 Å². The van der Waals surface area contributed by atoms with Gasteiger partial charge in [-0.15, -0.1) is 0 Å². The molecule has 0 radical (unpaired) electrons. The number of nitrogen functional groups attached to an aromatic ring is 1. The van der Waals surface area contributed by atoms with Gasteiger partial charge >= 0.3 is 0 Å². The highest BCUT2D eigenvalue weighted by Crippen LogP contribution is 2.27. The van der Waals surface area contributed by atoms with E-state index in [1.807, 2.05) is 0 Å². The van der Waals surface area contributed by atoms with Crippen molar-refractivity contribution in [2.24, 2.45) is 5.73 Å². The monoisotopic (exact) mass is 262 g/mol. The molecule has 1 heterocycles. The largest absolute Gasteiger partial charge is 0.397 e. The number of primary amides is 1. The first-order valence-electron chi connectivity index (χ1n) is 6.64. The van der Waals surface area contributed by atoms with Gasteiger partial charge in [-0.2, -0.15) is 0 Å². The van der Waals surface area contributed by atoms with Crippen LogP contribution in [0.2, 0.25) is 0 Å². The zero-order chi connectivity index (χ0) is 14.0. The molecule has 1 aromatic carbocycles. The zero-order valence-corrected chi connectivity index (χ0v) is 11.5. The lowest BCUT2D eigenvalue weighted by atomic mass is 9.98. The number of rotatable bonds is 3. The van der Waals surface area contributed by atoms with Gasteiger partial charge in [0, 0.05) is 18.6 Å². The number of carbonyl (C=O) groups excluding carboxylic acids is 1. The predicted octanol–water partition coefficient (Wildman–Crippen LogP) is 1.26. The van der Waals surface area contributed by atoms with Crippen LogP contribution in [0.25, 0.3) is 0 Å². The molecule has 104 valence electrons. The molecule has 0 saturated carbocycles. The van der Waals surface area contributed by atoms with Gasteiger partial charge < -0.3 is 21.7 Å². The van der Waals surface area contributed by atoms with Crippen molar-refractivity contribution in [3.8, 4) is 0 Å². The molecule has 2 unspecified atom stereocenters. The van der Waals surface area contributed by atoms with Crippen LogP contribution < -0.4 is 16.8 Å². The first-order valence-corrected chi connectivity index (χ1v) is 6.64. The Bertz CT molecular complexity index is 475. The Labute approximate surface area is 113 Å². The van der Waals surface area contributed by atoms with Crippen LogP contribution in [0.15, 0.2) is 18.2 Å². The van der Waals surface area contributed by atoms with E-state index < -0.39 is 5.91 Å². The third-order valence-electron chi connectivity index (χ3n) is 3.92. The van der Waals surface area contributed by atoms with E-state index in [2.05, 4.69) is 24.2 Å². The third kappa shape index (κ3) is 2.98. The Kier molecular flexibility index (Phi) is 3.95. The Morgan fingerprint density at radius 1 is 1.47 bits per heavy atom. The van der Waals surface area contributed by atoms with Gasteiger partial charge in [-0.25, -0.2) is 0 Å². The van der Waals surface area contributed by atoms with Crippen molar-refractivity contribution < 1.29 is 4.79 Å². The van der Waals surface area contributed by atoms with Crippen LogP contribution in [0.4, 0.5) is 11.4 Å². The number of carbonyl (C=O) groups is 1. The van der Waals surface area contributed by atoms with Crippen molar-refractivity contribution in [2.45, 2.75) is 31.8 Å². The van der Waals surface area contributed by atoms with Gasteiger partial charge in [0.2, 0.25) is 0 Å². The van der Waals surface area contributed by atoms with Crippen molar-refractivity contribution in [2.75, 3.05) is 24.6 Å². The summed E-state index contributed by atoms with van der Waals surface area (Å²) in [7, 11) is 2.13.